The molecule has 0 aliphatic rings. The lowest BCUT2D eigenvalue weighted by atomic mass is 10.3. The first kappa shape index (κ1) is 15.8. The molecule has 0 aliphatic heterocycles. The first-order chi connectivity index (χ1) is 10.1. The molecule has 6 nitrogen and oxygen atoms in total. The van der Waals surface area contributed by atoms with Crippen LogP contribution in [0.5, 0.6) is 0 Å². The maximum atomic E-state index is 12.2. The monoisotopic (exact) mass is 325 g/mol. The Hall–Kier alpha value is -1.54. The van der Waals surface area contributed by atoms with Gasteiger partial charge < -0.3 is 11.1 Å². The van der Waals surface area contributed by atoms with E-state index < -0.39 is 0 Å². The van der Waals surface area contributed by atoms with Crippen LogP contribution in [0.15, 0.2) is 17.3 Å². The van der Waals surface area contributed by atoms with Crippen molar-refractivity contribution in [2.75, 3.05) is 5.73 Å². The summed E-state index contributed by atoms with van der Waals surface area (Å²) in [5.74, 6) is 0.260. The van der Waals surface area contributed by atoms with Crippen molar-refractivity contribution in [2.45, 2.75) is 43.6 Å². The Labute approximate surface area is 131 Å². The molecular weight excluding hydrogens is 306 g/mol. The maximum Gasteiger partial charge on any atom is 0.233 e. The second-order valence-corrected chi connectivity index (χ2v) is 6.88. The molecule has 8 heteroatoms. The number of carbonyl (C=O) groups is 1. The predicted molar refractivity (Wildman–Crippen MR) is 86.3 cm³/mol. The van der Waals surface area contributed by atoms with E-state index in [9.17, 15) is 4.79 Å². The number of aromatic amines is 1. The average Bonchev–Trinajstić information content (AvgIpc) is 3.10. The van der Waals surface area contributed by atoms with Gasteiger partial charge in [0.15, 0.2) is 0 Å². The van der Waals surface area contributed by atoms with Gasteiger partial charge in [0.25, 0.3) is 0 Å². The van der Waals surface area contributed by atoms with E-state index in [1.807, 2.05) is 6.92 Å². The van der Waals surface area contributed by atoms with Gasteiger partial charge in [0, 0.05) is 9.75 Å². The number of amides is 1. The van der Waals surface area contributed by atoms with Gasteiger partial charge in [0.05, 0.1) is 11.8 Å². The SMILES string of the molecule is CCc1ccc(CNC(=O)[C@H](CC)Sc2n[nH]c(N)n2)s1. The molecule has 0 saturated carbocycles. The van der Waals surface area contributed by atoms with Crippen LogP contribution in [-0.4, -0.2) is 26.3 Å². The summed E-state index contributed by atoms with van der Waals surface area (Å²) in [7, 11) is 0. The summed E-state index contributed by atoms with van der Waals surface area (Å²) in [4.78, 5) is 18.7. The predicted octanol–water partition coefficient (Wildman–Crippen LogP) is 2.20. The molecule has 2 rings (SSSR count). The Morgan fingerprint density at radius 2 is 2.24 bits per heavy atom. The number of hydrogen-bond acceptors (Lipinski definition) is 6. The van der Waals surface area contributed by atoms with E-state index >= 15 is 0 Å². The largest absolute Gasteiger partial charge is 0.368 e. The molecule has 0 fully saturated rings. The molecule has 1 amide bonds. The van der Waals surface area contributed by atoms with Crippen LogP contribution in [0.1, 0.15) is 30.0 Å². The van der Waals surface area contributed by atoms with Gasteiger partial charge in [-0.05, 0) is 25.0 Å². The zero-order chi connectivity index (χ0) is 15.2. The number of aryl methyl sites for hydroxylation is 1. The number of nitrogens with two attached hydrogens (primary N) is 1. The van der Waals surface area contributed by atoms with E-state index in [4.69, 9.17) is 5.73 Å². The van der Waals surface area contributed by atoms with E-state index in [1.54, 1.807) is 11.3 Å². The van der Waals surface area contributed by atoms with Gasteiger partial charge in [0.2, 0.25) is 17.0 Å². The molecule has 0 bridgehead atoms. The van der Waals surface area contributed by atoms with Crippen molar-refractivity contribution in [3.63, 3.8) is 0 Å². The number of thiophene rings is 1. The number of carbonyl (C=O) groups excluding carboxylic acids is 1. The lowest BCUT2D eigenvalue weighted by Gasteiger charge is -2.12. The number of rotatable bonds is 7. The number of nitrogens with one attached hydrogen (secondary N) is 2. The third-order valence-corrected chi connectivity index (χ3v) is 5.35. The molecule has 0 radical (unpaired) electrons. The lowest BCUT2D eigenvalue weighted by molar-refractivity contribution is -0.120. The minimum absolute atomic E-state index is 0.00248. The summed E-state index contributed by atoms with van der Waals surface area (Å²) in [6, 6.07) is 4.17. The van der Waals surface area contributed by atoms with Crippen LogP contribution in [0.4, 0.5) is 5.95 Å². The Morgan fingerprint density at radius 3 is 2.81 bits per heavy atom. The van der Waals surface area contributed by atoms with Crippen molar-refractivity contribution in [1.29, 1.82) is 0 Å². The van der Waals surface area contributed by atoms with E-state index in [0.29, 0.717) is 18.1 Å². The highest BCUT2D eigenvalue weighted by molar-refractivity contribution is 8.00. The molecule has 0 unspecified atom stereocenters. The Balaban J connectivity index is 1.87. The van der Waals surface area contributed by atoms with Crippen LogP contribution in [0.3, 0.4) is 0 Å². The number of hydrogen-bond donors (Lipinski definition) is 3. The highest BCUT2D eigenvalue weighted by atomic mass is 32.2. The fraction of sp³-hybridized carbons (Fsp3) is 0.462. The van der Waals surface area contributed by atoms with Gasteiger partial charge in [-0.25, -0.2) is 5.10 Å². The van der Waals surface area contributed by atoms with Gasteiger partial charge in [-0.15, -0.1) is 16.4 Å². The first-order valence-corrected chi connectivity index (χ1v) is 8.51. The van der Waals surface area contributed by atoms with Crippen LogP contribution in [0.2, 0.25) is 0 Å². The minimum atomic E-state index is -0.217. The van der Waals surface area contributed by atoms with E-state index in [1.165, 1.54) is 21.5 Å². The van der Waals surface area contributed by atoms with Gasteiger partial charge in [0.1, 0.15) is 0 Å². The van der Waals surface area contributed by atoms with Crippen LogP contribution >= 0.6 is 23.1 Å². The number of aromatic nitrogens is 3. The Kier molecular flexibility index (Phi) is 5.63. The van der Waals surface area contributed by atoms with Crippen molar-refractivity contribution < 1.29 is 4.79 Å². The molecule has 2 aromatic heterocycles. The molecule has 0 saturated heterocycles. The highest BCUT2D eigenvalue weighted by Gasteiger charge is 2.19. The molecule has 21 heavy (non-hydrogen) atoms. The molecule has 0 spiro atoms. The fourth-order valence-electron chi connectivity index (χ4n) is 1.76. The second-order valence-electron chi connectivity index (χ2n) is 4.46. The third-order valence-electron chi connectivity index (χ3n) is 2.90. The molecule has 2 aromatic rings. The van der Waals surface area contributed by atoms with Crippen molar-refractivity contribution >= 4 is 35.0 Å². The summed E-state index contributed by atoms with van der Waals surface area (Å²) in [6.45, 7) is 4.66. The van der Waals surface area contributed by atoms with Crippen molar-refractivity contribution in [1.82, 2.24) is 20.5 Å². The van der Waals surface area contributed by atoms with Gasteiger partial charge in [-0.2, -0.15) is 4.98 Å². The number of H-pyrrole nitrogens is 1. The summed E-state index contributed by atoms with van der Waals surface area (Å²) in [5.41, 5.74) is 5.48. The minimum Gasteiger partial charge on any atom is -0.368 e. The fourth-order valence-corrected chi connectivity index (χ4v) is 3.51. The van der Waals surface area contributed by atoms with Crippen molar-refractivity contribution in [3.05, 3.63) is 21.9 Å². The zero-order valence-electron chi connectivity index (χ0n) is 12.0. The number of nitrogens with zero attached hydrogens (tertiary/aromatic N) is 2. The second kappa shape index (κ2) is 7.46. The van der Waals surface area contributed by atoms with E-state index in [-0.39, 0.29) is 17.1 Å². The van der Waals surface area contributed by atoms with Crippen LogP contribution < -0.4 is 11.1 Å². The smallest absolute Gasteiger partial charge is 0.233 e. The summed E-state index contributed by atoms with van der Waals surface area (Å²) >= 11 is 3.05. The number of nitrogen functional groups attached to an aromatic ring is 1. The molecule has 1 atom stereocenters. The normalized spacial score (nSPS) is 12.3. The van der Waals surface area contributed by atoms with Gasteiger partial charge in [-0.1, -0.05) is 25.6 Å². The summed E-state index contributed by atoms with van der Waals surface area (Å²) in [6.07, 6.45) is 1.73. The van der Waals surface area contributed by atoms with Crippen LogP contribution in [0, 0.1) is 0 Å². The molecule has 4 N–H and O–H groups in total. The number of thioether (sulfide) groups is 1. The van der Waals surface area contributed by atoms with Gasteiger partial charge in [-0.3, -0.25) is 4.79 Å². The van der Waals surface area contributed by atoms with E-state index in [0.717, 1.165) is 6.42 Å². The van der Waals surface area contributed by atoms with Crippen LogP contribution in [-0.2, 0) is 17.8 Å². The standard InChI is InChI=1S/C13H19N5OS2/c1-3-8-5-6-9(20-8)7-15-11(19)10(4-2)21-13-16-12(14)17-18-13/h5-6,10H,3-4,7H2,1-2H3,(H,15,19)(H3,14,16,17,18)/t10-/m0/s1. The average molecular weight is 325 g/mol. The summed E-state index contributed by atoms with van der Waals surface area (Å²) in [5, 5.41) is 9.76. The van der Waals surface area contributed by atoms with Gasteiger partial charge >= 0.3 is 0 Å². The number of anilines is 1. The quantitative estimate of drug-likeness (QED) is 0.678. The molecule has 0 aliphatic carbocycles. The molecule has 114 valence electrons. The highest BCUT2D eigenvalue weighted by Crippen LogP contribution is 2.23. The van der Waals surface area contributed by atoms with Crippen molar-refractivity contribution in [2.24, 2.45) is 0 Å². The van der Waals surface area contributed by atoms with Crippen molar-refractivity contribution in [3.8, 4) is 0 Å². The first-order valence-electron chi connectivity index (χ1n) is 6.82. The van der Waals surface area contributed by atoms with Crippen LogP contribution in [0.25, 0.3) is 0 Å². The topological polar surface area (TPSA) is 96.7 Å². The lowest BCUT2D eigenvalue weighted by Crippen LogP contribution is -2.31. The molecular formula is C13H19N5OS2. The Bertz CT molecular complexity index is 595. The molecule has 0 aromatic carbocycles. The van der Waals surface area contributed by atoms with E-state index in [2.05, 4.69) is 39.6 Å². The zero-order valence-corrected chi connectivity index (χ0v) is 13.7. The molecule has 2 heterocycles. The Morgan fingerprint density at radius 1 is 1.48 bits per heavy atom. The summed E-state index contributed by atoms with van der Waals surface area (Å²) < 4.78 is 0. The maximum absolute atomic E-state index is 12.2. The third kappa shape index (κ3) is 4.47.